The molecule has 0 radical (unpaired) electrons. The molecule has 2 aliphatic heterocycles. The molecule has 4 aromatic carbocycles. The van der Waals surface area contributed by atoms with Gasteiger partial charge in [-0.05, 0) is 91.8 Å². The molecule has 1 saturated carbocycles. The maximum absolute atomic E-state index is 13.2. The van der Waals surface area contributed by atoms with Crippen LogP contribution < -0.4 is 20.7 Å². The highest BCUT2D eigenvalue weighted by Crippen LogP contribution is 2.64. The molecule has 1 spiro atoms. The first-order valence-corrected chi connectivity index (χ1v) is 27.6. The van der Waals surface area contributed by atoms with Crippen molar-refractivity contribution in [2.45, 2.75) is 135 Å². The lowest BCUT2D eigenvalue weighted by molar-refractivity contribution is -0.160. The highest BCUT2D eigenvalue weighted by Gasteiger charge is 2.72. The third-order valence-electron chi connectivity index (χ3n) is 15.9. The fraction of sp³-hybridized carbons (Fsp3) is 0.482. The molecule has 2 bridgehead atoms. The Morgan fingerprint density at radius 2 is 1.24 bits per heavy atom. The summed E-state index contributed by atoms with van der Waals surface area (Å²) in [6.45, 7) is 21.2. The molecular weight excluding hydrogens is 809 g/mol. The number of benzene rings is 4. The van der Waals surface area contributed by atoms with Crippen molar-refractivity contribution in [1.82, 2.24) is 0 Å². The first-order chi connectivity index (χ1) is 30.0. The monoisotopic (exact) mass is 878 g/mol. The Kier molecular flexibility index (Phi) is 11.6. The van der Waals surface area contributed by atoms with E-state index < -0.39 is 28.3 Å². The van der Waals surface area contributed by atoms with E-state index in [-0.39, 0.29) is 39.6 Å². The van der Waals surface area contributed by atoms with Gasteiger partial charge in [-0.15, -0.1) is 0 Å². The third kappa shape index (κ3) is 7.61. The van der Waals surface area contributed by atoms with Gasteiger partial charge in [0, 0.05) is 31.3 Å². The lowest BCUT2D eigenvalue weighted by atomic mass is 9.60. The predicted molar refractivity (Wildman–Crippen MR) is 261 cm³/mol. The summed E-state index contributed by atoms with van der Waals surface area (Å²) in [5.74, 6) is 1.67. The van der Waals surface area contributed by atoms with Crippen LogP contribution in [-0.2, 0) is 23.1 Å². The largest absolute Gasteiger partial charge is 0.455 e. The average molecular weight is 879 g/mol. The minimum absolute atomic E-state index is 0.0281. The van der Waals surface area contributed by atoms with E-state index in [0.717, 1.165) is 25.9 Å². The van der Waals surface area contributed by atoms with Crippen LogP contribution in [0, 0.1) is 29.1 Å². The zero-order valence-electron chi connectivity index (χ0n) is 39.2. The summed E-state index contributed by atoms with van der Waals surface area (Å²) in [5.41, 5.74) is 1.68. The maximum atomic E-state index is 13.2. The first kappa shape index (κ1) is 44.4. The summed E-state index contributed by atoms with van der Waals surface area (Å²) in [5, 5.41) is 5.04. The van der Waals surface area contributed by atoms with Crippen LogP contribution in [-0.4, -0.2) is 53.1 Å². The Balaban J connectivity index is 0.962. The van der Waals surface area contributed by atoms with Gasteiger partial charge in [-0.2, -0.15) is 0 Å². The van der Waals surface area contributed by atoms with Crippen molar-refractivity contribution in [3.63, 3.8) is 0 Å². The molecule has 3 aliphatic carbocycles. The SMILES string of the molecule is CC(=O)O[C@H]1C2=C(C=C[C@H]3C(C)(C)[C@H]4O[C@@]13C[C@@H]4O[Si](c1ccccc1)(c1ccccc1)C(C)(C)C)CC(C[C@H]1C[C@@H]1CO[Si](c1ccccc1)(c1ccccc1)C(C)(C)C)CC2. The number of carbonyl (C=O) groups is 1. The van der Waals surface area contributed by atoms with Crippen molar-refractivity contribution < 1.29 is 23.1 Å². The molecule has 4 aromatic rings. The van der Waals surface area contributed by atoms with Gasteiger partial charge in [0.25, 0.3) is 16.6 Å². The van der Waals surface area contributed by atoms with Crippen LogP contribution in [0.15, 0.2) is 145 Å². The van der Waals surface area contributed by atoms with Crippen LogP contribution in [0.25, 0.3) is 0 Å². The Morgan fingerprint density at radius 1 is 0.730 bits per heavy atom. The molecule has 8 atom stereocenters. The molecule has 332 valence electrons. The summed E-state index contributed by atoms with van der Waals surface area (Å²) < 4.78 is 29.3. The lowest BCUT2D eigenvalue weighted by Crippen LogP contribution is -2.69. The minimum Gasteiger partial charge on any atom is -0.455 e. The minimum atomic E-state index is -2.89. The van der Waals surface area contributed by atoms with Gasteiger partial charge < -0.3 is 18.3 Å². The summed E-state index contributed by atoms with van der Waals surface area (Å²) >= 11 is 0. The van der Waals surface area contributed by atoms with Gasteiger partial charge in [-0.3, -0.25) is 4.79 Å². The smallest absolute Gasteiger partial charge is 0.303 e. The molecular formula is C56H70O5Si2. The number of hydrogen-bond acceptors (Lipinski definition) is 5. The van der Waals surface area contributed by atoms with Crippen LogP contribution in [0.5, 0.6) is 0 Å². The highest BCUT2D eigenvalue weighted by atomic mass is 28.4. The lowest BCUT2D eigenvalue weighted by Gasteiger charge is -2.49. The normalized spacial score (nSPS) is 28.9. The summed E-state index contributed by atoms with van der Waals surface area (Å²) in [6, 6.07) is 43.9. The number of allylic oxidation sites excluding steroid dienone is 2. The van der Waals surface area contributed by atoms with Crippen LogP contribution in [0.3, 0.4) is 0 Å². The second-order valence-corrected chi connectivity index (χ2v) is 30.8. The van der Waals surface area contributed by atoms with E-state index in [1.807, 2.05) is 0 Å². The van der Waals surface area contributed by atoms with Gasteiger partial charge in [-0.1, -0.05) is 189 Å². The van der Waals surface area contributed by atoms with Gasteiger partial charge in [0.05, 0.1) is 12.2 Å². The second kappa shape index (κ2) is 16.5. The molecule has 5 nitrogen and oxygen atoms in total. The standard InChI is InChI=1S/C56H70O5Si2/c1-39(57)59-51-48-32-30-40(35-42-36-43(42)38-58-62(53(2,3)4,44-22-14-10-15-23-44)45-24-16-11-17-25-45)34-41(48)31-33-50-55(8,9)52-49(37-56(50,51)60-52)61-63(54(5,6)7,46-26-18-12-19-27-46)47-28-20-13-21-29-47/h10-29,31,33,40,42-43,49-52H,30,32,34-38H2,1-9H3/t40?,42-,43+,49-,50-,51-,52-,56+/m0/s1. The van der Waals surface area contributed by atoms with Crippen molar-refractivity contribution in [2.75, 3.05) is 6.61 Å². The molecule has 0 N–H and O–H groups in total. The number of rotatable bonds is 12. The number of hydrogen-bond donors (Lipinski definition) is 0. The predicted octanol–water partition coefficient (Wildman–Crippen LogP) is 10.3. The molecule has 0 aromatic heterocycles. The zero-order chi connectivity index (χ0) is 44.4. The molecule has 9 rings (SSSR count). The molecule has 7 heteroatoms. The molecule has 0 amide bonds. The van der Waals surface area contributed by atoms with Crippen LogP contribution in [0.2, 0.25) is 10.1 Å². The molecule has 5 aliphatic rings. The van der Waals surface area contributed by atoms with Crippen molar-refractivity contribution in [3.8, 4) is 0 Å². The van der Waals surface area contributed by atoms with Crippen molar-refractivity contribution in [2.24, 2.45) is 29.1 Å². The molecule has 2 saturated heterocycles. The highest BCUT2D eigenvalue weighted by molar-refractivity contribution is 7.00. The number of carbonyl (C=O) groups excluding carboxylic acids is 1. The summed E-state index contributed by atoms with van der Waals surface area (Å²) in [4.78, 5) is 13.2. The third-order valence-corrected chi connectivity index (χ3v) is 26.0. The quantitative estimate of drug-likeness (QED) is 0.105. The van der Waals surface area contributed by atoms with Gasteiger partial charge >= 0.3 is 5.97 Å². The van der Waals surface area contributed by atoms with Crippen LogP contribution in [0.1, 0.15) is 101 Å². The molecule has 2 heterocycles. The Bertz CT molecular complexity index is 2230. The fourth-order valence-corrected chi connectivity index (χ4v) is 22.3. The van der Waals surface area contributed by atoms with Crippen molar-refractivity contribution in [3.05, 3.63) is 145 Å². The Labute approximate surface area is 379 Å². The van der Waals surface area contributed by atoms with E-state index in [1.54, 1.807) is 6.92 Å². The summed E-state index contributed by atoms with van der Waals surface area (Å²) in [7, 11) is -5.46. The molecule has 1 unspecified atom stereocenters. The zero-order valence-corrected chi connectivity index (χ0v) is 41.2. The van der Waals surface area contributed by atoms with Crippen molar-refractivity contribution in [1.29, 1.82) is 0 Å². The fourth-order valence-electron chi connectivity index (χ4n) is 13.0. The second-order valence-electron chi connectivity index (χ2n) is 22.3. The van der Waals surface area contributed by atoms with Crippen LogP contribution in [0.4, 0.5) is 0 Å². The first-order valence-electron chi connectivity index (χ1n) is 23.8. The van der Waals surface area contributed by atoms with E-state index in [1.165, 1.54) is 44.7 Å². The maximum Gasteiger partial charge on any atom is 0.303 e. The van der Waals surface area contributed by atoms with E-state index in [0.29, 0.717) is 24.2 Å². The number of ether oxygens (including phenoxy) is 2. The van der Waals surface area contributed by atoms with Gasteiger partial charge in [0.15, 0.2) is 6.10 Å². The molecule has 63 heavy (non-hydrogen) atoms. The average Bonchev–Trinajstić information content (AvgIpc) is 3.84. The van der Waals surface area contributed by atoms with E-state index in [2.05, 4.69) is 189 Å². The van der Waals surface area contributed by atoms with Crippen LogP contribution >= 0.6 is 0 Å². The van der Waals surface area contributed by atoms with Gasteiger partial charge in [0.2, 0.25) is 0 Å². The molecule has 3 fully saturated rings. The topological polar surface area (TPSA) is 54.0 Å². The summed E-state index contributed by atoms with van der Waals surface area (Å²) in [6.07, 6.45) is 10.3. The Morgan fingerprint density at radius 3 is 1.73 bits per heavy atom. The Hall–Kier alpha value is -3.86. The van der Waals surface area contributed by atoms with E-state index in [4.69, 9.17) is 18.3 Å². The van der Waals surface area contributed by atoms with Crippen molar-refractivity contribution >= 4 is 43.4 Å². The van der Waals surface area contributed by atoms with E-state index in [9.17, 15) is 4.79 Å². The van der Waals surface area contributed by atoms with Gasteiger partial charge in [0.1, 0.15) is 5.60 Å². The van der Waals surface area contributed by atoms with Gasteiger partial charge in [-0.25, -0.2) is 0 Å². The number of fused-ring (bicyclic) bond motifs is 1. The van der Waals surface area contributed by atoms with E-state index >= 15 is 0 Å². The number of esters is 1.